The van der Waals surface area contributed by atoms with Crippen molar-refractivity contribution in [3.05, 3.63) is 30.1 Å². The van der Waals surface area contributed by atoms with Gasteiger partial charge in [0.05, 0.1) is 19.3 Å². The second kappa shape index (κ2) is 11.6. The minimum atomic E-state index is -0.600. The van der Waals surface area contributed by atoms with E-state index in [0.29, 0.717) is 26.3 Å². The Morgan fingerprint density at radius 1 is 1.22 bits per heavy atom. The second-order valence-electron chi connectivity index (χ2n) is 6.44. The molecular weight excluding hydrogens is 346 g/mol. The summed E-state index contributed by atoms with van der Waals surface area (Å²) >= 11 is 0. The number of ether oxygens (including phenoxy) is 1. The van der Waals surface area contributed by atoms with Gasteiger partial charge in [-0.1, -0.05) is 19.9 Å². The zero-order valence-corrected chi connectivity index (χ0v) is 16.3. The largest absolute Gasteiger partial charge is 0.379 e. The molecule has 150 valence electrons. The maximum atomic E-state index is 12.2. The number of pyridine rings is 1. The second-order valence-corrected chi connectivity index (χ2v) is 6.44. The van der Waals surface area contributed by atoms with E-state index in [-0.39, 0.29) is 6.04 Å². The van der Waals surface area contributed by atoms with Gasteiger partial charge < -0.3 is 20.3 Å². The van der Waals surface area contributed by atoms with Crippen LogP contribution in [-0.2, 0) is 14.3 Å². The summed E-state index contributed by atoms with van der Waals surface area (Å²) in [5.41, 5.74) is 1.02. The lowest BCUT2D eigenvalue weighted by molar-refractivity contribution is -0.139. The Hall–Kier alpha value is -2.03. The number of hydrogen-bond acceptors (Lipinski definition) is 6. The normalized spacial score (nSPS) is 16.1. The summed E-state index contributed by atoms with van der Waals surface area (Å²) in [5.74, 6) is -1.19. The summed E-state index contributed by atoms with van der Waals surface area (Å²) in [7, 11) is 0. The molecule has 0 aromatic carbocycles. The predicted molar refractivity (Wildman–Crippen MR) is 103 cm³/mol. The number of morpholine rings is 1. The number of nitrogens with zero attached hydrogens (tertiary/aromatic N) is 3. The van der Waals surface area contributed by atoms with Crippen LogP contribution in [0.5, 0.6) is 0 Å². The van der Waals surface area contributed by atoms with Gasteiger partial charge in [0.25, 0.3) is 0 Å². The van der Waals surface area contributed by atoms with Crippen LogP contribution in [-0.4, -0.2) is 85.6 Å². The first kappa shape index (κ1) is 21.3. The summed E-state index contributed by atoms with van der Waals surface area (Å²) in [4.78, 5) is 32.8. The molecule has 0 unspecified atom stereocenters. The molecule has 8 heteroatoms. The first-order valence-corrected chi connectivity index (χ1v) is 9.65. The maximum Gasteiger partial charge on any atom is 0.309 e. The smallest absolute Gasteiger partial charge is 0.309 e. The van der Waals surface area contributed by atoms with Crippen molar-refractivity contribution < 1.29 is 14.3 Å². The van der Waals surface area contributed by atoms with Gasteiger partial charge in [0, 0.05) is 45.1 Å². The molecule has 0 aliphatic carbocycles. The predicted octanol–water partition coefficient (Wildman–Crippen LogP) is 0.0291. The lowest BCUT2D eigenvalue weighted by atomic mass is 10.1. The first-order chi connectivity index (χ1) is 13.2. The molecule has 1 aromatic rings. The summed E-state index contributed by atoms with van der Waals surface area (Å²) in [6, 6.07) is 3.84. The minimum absolute atomic E-state index is 0.0324. The number of carbonyl (C=O) groups is 2. The summed E-state index contributed by atoms with van der Waals surface area (Å²) in [5, 5.41) is 5.46. The quantitative estimate of drug-likeness (QED) is 0.591. The van der Waals surface area contributed by atoms with Crippen molar-refractivity contribution >= 4 is 11.8 Å². The topological polar surface area (TPSA) is 86.8 Å². The molecule has 27 heavy (non-hydrogen) atoms. The van der Waals surface area contributed by atoms with Crippen LogP contribution in [0.25, 0.3) is 0 Å². The highest BCUT2D eigenvalue weighted by atomic mass is 16.5. The van der Waals surface area contributed by atoms with Gasteiger partial charge in [-0.15, -0.1) is 0 Å². The maximum absolute atomic E-state index is 12.2. The van der Waals surface area contributed by atoms with Gasteiger partial charge in [0.1, 0.15) is 0 Å². The average molecular weight is 377 g/mol. The molecule has 1 aliphatic rings. The Morgan fingerprint density at radius 3 is 2.56 bits per heavy atom. The third-order valence-electron chi connectivity index (χ3n) is 4.83. The summed E-state index contributed by atoms with van der Waals surface area (Å²) in [6.45, 7) is 10.4. The van der Waals surface area contributed by atoms with Crippen molar-refractivity contribution in [2.24, 2.45) is 0 Å². The van der Waals surface area contributed by atoms with Crippen molar-refractivity contribution in [2.75, 3.05) is 59.0 Å². The van der Waals surface area contributed by atoms with E-state index in [9.17, 15) is 9.59 Å². The molecule has 0 bridgehead atoms. The molecule has 0 spiro atoms. The van der Waals surface area contributed by atoms with E-state index in [1.807, 2.05) is 12.1 Å². The van der Waals surface area contributed by atoms with E-state index in [1.165, 1.54) is 0 Å². The van der Waals surface area contributed by atoms with Gasteiger partial charge in [-0.3, -0.25) is 19.5 Å². The molecule has 1 aromatic heterocycles. The molecule has 1 aliphatic heterocycles. The fourth-order valence-electron chi connectivity index (χ4n) is 3.14. The molecule has 0 saturated carbocycles. The minimum Gasteiger partial charge on any atom is -0.379 e. The van der Waals surface area contributed by atoms with E-state index >= 15 is 0 Å². The molecule has 1 fully saturated rings. The van der Waals surface area contributed by atoms with Crippen LogP contribution in [0.4, 0.5) is 0 Å². The Bertz CT molecular complexity index is 574. The number of hydrogen-bond donors (Lipinski definition) is 2. The Labute approximate surface area is 161 Å². The van der Waals surface area contributed by atoms with E-state index < -0.39 is 11.8 Å². The van der Waals surface area contributed by atoms with Gasteiger partial charge in [-0.05, 0) is 24.7 Å². The molecule has 8 nitrogen and oxygen atoms in total. The Morgan fingerprint density at radius 2 is 1.93 bits per heavy atom. The molecule has 2 amide bonds. The van der Waals surface area contributed by atoms with Gasteiger partial charge in [-0.25, -0.2) is 0 Å². The lowest BCUT2D eigenvalue weighted by Crippen LogP contribution is -2.47. The monoisotopic (exact) mass is 377 g/mol. The standard InChI is InChI=1S/C19H31N5O3/c1-3-23(4-2)9-8-21-18(25)19(26)22-15-17(16-6-5-7-20-14-16)24-10-12-27-13-11-24/h5-7,14,17H,3-4,8-13,15H2,1-2H3,(H,21,25)(H,22,26)/t17-/m0/s1. The third-order valence-corrected chi connectivity index (χ3v) is 4.83. The van der Waals surface area contributed by atoms with Crippen LogP contribution < -0.4 is 10.6 Å². The van der Waals surface area contributed by atoms with Crippen molar-refractivity contribution in [3.63, 3.8) is 0 Å². The van der Waals surface area contributed by atoms with Gasteiger partial charge in [0.2, 0.25) is 0 Å². The average Bonchev–Trinajstić information content (AvgIpc) is 2.72. The number of likely N-dealkylation sites (N-methyl/N-ethyl adjacent to an activating group) is 1. The summed E-state index contributed by atoms with van der Waals surface area (Å²) in [6.07, 6.45) is 3.53. The molecule has 2 heterocycles. The van der Waals surface area contributed by atoms with Crippen LogP contribution in [0.15, 0.2) is 24.5 Å². The molecule has 1 atom stereocenters. The number of nitrogens with one attached hydrogen (secondary N) is 2. The van der Waals surface area contributed by atoms with Crippen LogP contribution >= 0.6 is 0 Å². The van der Waals surface area contributed by atoms with Crippen molar-refractivity contribution in [3.8, 4) is 0 Å². The fraction of sp³-hybridized carbons (Fsp3) is 0.632. The number of aromatic nitrogens is 1. The fourth-order valence-corrected chi connectivity index (χ4v) is 3.14. The lowest BCUT2D eigenvalue weighted by Gasteiger charge is -2.34. The molecule has 2 N–H and O–H groups in total. The van der Waals surface area contributed by atoms with E-state index in [1.54, 1.807) is 12.4 Å². The Balaban J connectivity index is 1.86. The first-order valence-electron chi connectivity index (χ1n) is 9.65. The molecule has 0 radical (unpaired) electrons. The van der Waals surface area contributed by atoms with Gasteiger partial charge >= 0.3 is 11.8 Å². The van der Waals surface area contributed by atoms with Gasteiger partial charge in [-0.2, -0.15) is 0 Å². The van der Waals surface area contributed by atoms with Crippen molar-refractivity contribution in [1.29, 1.82) is 0 Å². The van der Waals surface area contributed by atoms with E-state index in [2.05, 4.69) is 39.3 Å². The highest BCUT2D eigenvalue weighted by Gasteiger charge is 2.24. The highest BCUT2D eigenvalue weighted by molar-refractivity contribution is 6.35. The van der Waals surface area contributed by atoms with E-state index in [0.717, 1.165) is 38.3 Å². The van der Waals surface area contributed by atoms with Crippen molar-refractivity contribution in [1.82, 2.24) is 25.4 Å². The number of amides is 2. The van der Waals surface area contributed by atoms with Crippen LogP contribution in [0.3, 0.4) is 0 Å². The highest BCUT2D eigenvalue weighted by Crippen LogP contribution is 2.20. The van der Waals surface area contributed by atoms with Crippen molar-refractivity contribution in [2.45, 2.75) is 19.9 Å². The van der Waals surface area contributed by atoms with Crippen LogP contribution in [0.2, 0.25) is 0 Å². The summed E-state index contributed by atoms with van der Waals surface area (Å²) < 4.78 is 5.42. The molecular formula is C19H31N5O3. The zero-order valence-electron chi connectivity index (χ0n) is 16.3. The third kappa shape index (κ3) is 6.89. The number of rotatable bonds is 9. The number of carbonyl (C=O) groups excluding carboxylic acids is 2. The van der Waals surface area contributed by atoms with Crippen LogP contribution in [0.1, 0.15) is 25.5 Å². The van der Waals surface area contributed by atoms with Gasteiger partial charge in [0.15, 0.2) is 0 Å². The zero-order chi connectivity index (χ0) is 19.5. The van der Waals surface area contributed by atoms with E-state index in [4.69, 9.17) is 4.74 Å². The Kier molecular flexibility index (Phi) is 9.17. The molecule has 1 saturated heterocycles. The molecule has 2 rings (SSSR count). The van der Waals surface area contributed by atoms with Crippen LogP contribution in [0, 0.1) is 0 Å². The SMILES string of the molecule is CCN(CC)CCNC(=O)C(=O)NC[C@@H](c1cccnc1)N1CCOCC1.